The van der Waals surface area contributed by atoms with Crippen molar-refractivity contribution < 1.29 is 5.11 Å². The summed E-state index contributed by atoms with van der Waals surface area (Å²) in [5, 5.41) is 11.9. The molecule has 2 N–H and O–H groups in total. The smallest absolute Gasteiger partial charge is 0.0556 e. The number of aliphatic hydroxyl groups excluding tert-OH is 1. The first-order valence-electron chi connectivity index (χ1n) is 4.76. The van der Waals surface area contributed by atoms with Crippen LogP contribution >= 0.6 is 11.8 Å². The van der Waals surface area contributed by atoms with Crippen LogP contribution in [0, 0.1) is 0 Å². The van der Waals surface area contributed by atoms with E-state index >= 15 is 0 Å². The van der Waals surface area contributed by atoms with Crippen molar-refractivity contribution in [3.05, 3.63) is 29.8 Å². The molecule has 0 aliphatic carbocycles. The van der Waals surface area contributed by atoms with Crippen molar-refractivity contribution >= 4 is 11.8 Å². The monoisotopic (exact) mass is 211 g/mol. The van der Waals surface area contributed by atoms with Crippen LogP contribution in [-0.2, 0) is 0 Å². The van der Waals surface area contributed by atoms with Gasteiger partial charge in [0.15, 0.2) is 0 Å². The Morgan fingerprint density at radius 2 is 2.00 bits per heavy atom. The van der Waals surface area contributed by atoms with Crippen LogP contribution in [0.15, 0.2) is 29.2 Å². The second-order valence-electron chi connectivity index (χ2n) is 3.17. The number of nitrogens with one attached hydrogen (secondary N) is 1. The van der Waals surface area contributed by atoms with Crippen LogP contribution in [0.5, 0.6) is 0 Å². The number of aliphatic hydroxyl groups is 1. The lowest BCUT2D eigenvalue weighted by molar-refractivity contribution is 0.286. The Morgan fingerprint density at radius 3 is 2.50 bits per heavy atom. The van der Waals surface area contributed by atoms with E-state index in [1.165, 1.54) is 10.5 Å². The van der Waals surface area contributed by atoms with Crippen LogP contribution in [-0.4, -0.2) is 24.5 Å². The van der Waals surface area contributed by atoms with E-state index in [0.29, 0.717) is 12.6 Å². The summed E-state index contributed by atoms with van der Waals surface area (Å²) in [6.07, 6.45) is 2.07. The molecule has 2 nitrogen and oxygen atoms in total. The summed E-state index contributed by atoms with van der Waals surface area (Å²) in [7, 11) is 0. The molecule has 0 spiro atoms. The van der Waals surface area contributed by atoms with E-state index in [-0.39, 0.29) is 6.61 Å². The second kappa shape index (κ2) is 6.06. The van der Waals surface area contributed by atoms with Gasteiger partial charge in [-0.2, -0.15) is 0 Å². The van der Waals surface area contributed by atoms with Crippen LogP contribution in [0.1, 0.15) is 18.5 Å². The average Bonchev–Trinajstić information content (AvgIpc) is 2.26. The first-order chi connectivity index (χ1) is 6.77. The highest BCUT2D eigenvalue weighted by atomic mass is 32.2. The van der Waals surface area contributed by atoms with Crippen molar-refractivity contribution in [3.8, 4) is 0 Å². The van der Waals surface area contributed by atoms with Gasteiger partial charge in [0, 0.05) is 17.5 Å². The number of rotatable bonds is 5. The molecule has 1 rings (SSSR count). The van der Waals surface area contributed by atoms with Gasteiger partial charge in [-0.05, 0) is 30.9 Å². The van der Waals surface area contributed by atoms with Crippen molar-refractivity contribution in [2.24, 2.45) is 0 Å². The fourth-order valence-electron chi connectivity index (χ4n) is 1.29. The summed E-state index contributed by atoms with van der Waals surface area (Å²) >= 11 is 1.75. The minimum absolute atomic E-state index is 0.188. The third-order valence-electron chi connectivity index (χ3n) is 2.18. The molecule has 0 heterocycles. The van der Waals surface area contributed by atoms with E-state index in [2.05, 4.69) is 42.8 Å². The Morgan fingerprint density at radius 1 is 1.36 bits per heavy atom. The molecule has 1 aromatic carbocycles. The molecule has 0 bridgehead atoms. The highest BCUT2D eigenvalue weighted by molar-refractivity contribution is 7.98. The lowest BCUT2D eigenvalue weighted by atomic mass is 10.1. The quantitative estimate of drug-likeness (QED) is 0.731. The summed E-state index contributed by atoms with van der Waals surface area (Å²) in [6.45, 7) is 2.93. The fourth-order valence-corrected chi connectivity index (χ4v) is 1.70. The Labute approximate surface area is 89.7 Å². The van der Waals surface area contributed by atoms with E-state index < -0.39 is 0 Å². The molecule has 0 fully saturated rings. The fraction of sp³-hybridized carbons (Fsp3) is 0.455. The topological polar surface area (TPSA) is 32.3 Å². The van der Waals surface area contributed by atoms with Gasteiger partial charge in [-0.1, -0.05) is 12.1 Å². The third kappa shape index (κ3) is 3.33. The minimum atomic E-state index is 0.188. The normalized spacial score (nSPS) is 12.8. The summed E-state index contributed by atoms with van der Waals surface area (Å²) in [6, 6.07) is 8.80. The molecule has 0 aromatic heterocycles. The minimum Gasteiger partial charge on any atom is -0.395 e. The number of benzene rings is 1. The van der Waals surface area contributed by atoms with Crippen LogP contribution in [0.3, 0.4) is 0 Å². The van der Waals surface area contributed by atoms with Crippen molar-refractivity contribution in [1.29, 1.82) is 0 Å². The average molecular weight is 211 g/mol. The molecule has 0 aliphatic rings. The lowest BCUT2D eigenvalue weighted by Crippen LogP contribution is -2.21. The molecule has 1 aromatic rings. The maximum absolute atomic E-state index is 8.68. The molecule has 78 valence electrons. The molecule has 0 radical (unpaired) electrons. The summed E-state index contributed by atoms with van der Waals surface area (Å²) in [4.78, 5) is 1.28. The highest BCUT2D eigenvalue weighted by Crippen LogP contribution is 2.18. The van der Waals surface area contributed by atoms with Crippen LogP contribution in [0.4, 0.5) is 0 Å². The van der Waals surface area contributed by atoms with Crippen LogP contribution in [0.2, 0.25) is 0 Å². The predicted molar refractivity (Wildman–Crippen MR) is 61.7 cm³/mol. The van der Waals surface area contributed by atoms with E-state index in [0.717, 1.165) is 0 Å². The Balaban J connectivity index is 2.57. The standard InChI is InChI=1S/C11H17NOS/c1-9(12-7-8-13)10-3-5-11(14-2)6-4-10/h3-6,9,12-13H,7-8H2,1-2H3/t9-/m0/s1. The van der Waals surface area contributed by atoms with Gasteiger partial charge in [0.05, 0.1) is 6.61 Å². The SMILES string of the molecule is CSc1ccc([C@H](C)NCCO)cc1. The summed E-state index contributed by atoms with van der Waals surface area (Å²) < 4.78 is 0. The lowest BCUT2D eigenvalue weighted by Gasteiger charge is -2.13. The van der Waals surface area contributed by atoms with E-state index in [9.17, 15) is 0 Å². The summed E-state index contributed by atoms with van der Waals surface area (Å²) in [5.74, 6) is 0. The van der Waals surface area contributed by atoms with Gasteiger partial charge < -0.3 is 10.4 Å². The molecule has 14 heavy (non-hydrogen) atoms. The van der Waals surface area contributed by atoms with Gasteiger partial charge in [0.2, 0.25) is 0 Å². The summed E-state index contributed by atoms with van der Waals surface area (Å²) in [5.41, 5.74) is 1.26. The van der Waals surface area contributed by atoms with Gasteiger partial charge >= 0.3 is 0 Å². The largest absolute Gasteiger partial charge is 0.395 e. The maximum atomic E-state index is 8.68. The van der Waals surface area contributed by atoms with Gasteiger partial charge in [0.1, 0.15) is 0 Å². The molecule has 1 atom stereocenters. The molecule has 3 heteroatoms. The van der Waals surface area contributed by atoms with Crippen molar-refractivity contribution in [3.63, 3.8) is 0 Å². The molecule has 0 saturated carbocycles. The predicted octanol–water partition coefficient (Wildman–Crippen LogP) is 2.05. The van der Waals surface area contributed by atoms with Crippen molar-refractivity contribution in [1.82, 2.24) is 5.32 Å². The first kappa shape index (κ1) is 11.6. The van der Waals surface area contributed by atoms with Crippen molar-refractivity contribution in [2.45, 2.75) is 17.9 Å². The Hall–Kier alpha value is -0.510. The van der Waals surface area contributed by atoms with Gasteiger partial charge in [-0.3, -0.25) is 0 Å². The first-order valence-corrected chi connectivity index (χ1v) is 5.98. The molecule has 0 saturated heterocycles. The van der Waals surface area contributed by atoms with E-state index in [1.54, 1.807) is 11.8 Å². The number of hydrogen-bond acceptors (Lipinski definition) is 3. The molecular weight excluding hydrogens is 194 g/mol. The van der Waals surface area contributed by atoms with E-state index in [1.807, 2.05) is 0 Å². The van der Waals surface area contributed by atoms with Crippen LogP contribution in [0.25, 0.3) is 0 Å². The third-order valence-corrected chi connectivity index (χ3v) is 2.92. The van der Waals surface area contributed by atoms with Crippen molar-refractivity contribution in [2.75, 3.05) is 19.4 Å². The zero-order valence-electron chi connectivity index (χ0n) is 8.66. The Kier molecular flexibility index (Phi) is 5.01. The van der Waals surface area contributed by atoms with E-state index in [4.69, 9.17) is 5.11 Å². The Bertz CT molecular complexity index is 260. The zero-order valence-corrected chi connectivity index (χ0v) is 9.47. The zero-order chi connectivity index (χ0) is 10.4. The molecule has 0 amide bonds. The number of thioether (sulfide) groups is 1. The van der Waals surface area contributed by atoms with Gasteiger partial charge in [-0.15, -0.1) is 11.8 Å². The number of hydrogen-bond donors (Lipinski definition) is 2. The van der Waals surface area contributed by atoms with Crippen LogP contribution < -0.4 is 5.32 Å². The second-order valence-corrected chi connectivity index (χ2v) is 4.05. The van der Waals surface area contributed by atoms with Gasteiger partial charge in [-0.25, -0.2) is 0 Å². The van der Waals surface area contributed by atoms with Gasteiger partial charge in [0.25, 0.3) is 0 Å². The molecule has 0 aliphatic heterocycles. The molecular formula is C11H17NOS. The highest BCUT2D eigenvalue weighted by Gasteiger charge is 2.03. The molecule has 0 unspecified atom stereocenters. The maximum Gasteiger partial charge on any atom is 0.0556 e.